The minimum Gasteiger partial charge on any atom is -0.455 e. The van der Waals surface area contributed by atoms with E-state index in [9.17, 15) is 0 Å². The molecule has 0 amide bonds. The molecule has 0 fully saturated rings. The zero-order chi connectivity index (χ0) is 35.8. The van der Waals surface area contributed by atoms with Gasteiger partial charge in [0.15, 0.2) is 0 Å². The highest BCUT2D eigenvalue weighted by Gasteiger charge is 2.48. The van der Waals surface area contributed by atoms with Crippen LogP contribution in [-0.2, 0) is 6.42 Å². The van der Waals surface area contributed by atoms with Gasteiger partial charge in [0.05, 0.1) is 22.1 Å². The molecule has 2 aliphatic heterocycles. The van der Waals surface area contributed by atoms with Crippen LogP contribution in [0.4, 0.5) is 34.1 Å². The lowest BCUT2D eigenvalue weighted by atomic mass is 9.32. The number of fused-ring (bicyclic) bond motifs is 18. The molecule has 0 N–H and O–H groups in total. The van der Waals surface area contributed by atoms with E-state index in [2.05, 4.69) is 168 Å². The Kier molecular flexibility index (Phi) is 5.71. The number of hydrogen-bond donors (Lipinski definition) is 0. The van der Waals surface area contributed by atoms with Crippen molar-refractivity contribution in [2.45, 2.75) is 12.8 Å². The second-order valence-electron chi connectivity index (χ2n) is 14.8. The molecule has 13 rings (SSSR count). The number of hydrogen-bond acceptors (Lipinski definition) is 4. The Balaban J connectivity index is 1.31. The minimum absolute atomic E-state index is 0.123. The van der Waals surface area contributed by atoms with Gasteiger partial charge in [-0.2, -0.15) is 0 Å². The summed E-state index contributed by atoms with van der Waals surface area (Å²) in [5.41, 5.74) is 16.9. The summed E-state index contributed by atoms with van der Waals surface area (Å²) in [5, 5.41) is 6.58. The van der Waals surface area contributed by atoms with E-state index < -0.39 is 0 Å². The van der Waals surface area contributed by atoms with Crippen LogP contribution in [0.15, 0.2) is 154 Å². The fraction of sp³-hybridized carbons (Fsp3) is 0.0400. The van der Waals surface area contributed by atoms with Gasteiger partial charge in [0.25, 0.3) is 6.71 Å². The highest BCUT2D eigenvalue weighted by atomic mass is 16.3. The van der Waals surface area contributed by atoms with Gasteiger partial charge in [0.2, 0.25) is 0 Å². The normalized spacial score (nSPS) is 14.1. The van der Waals surface area contributed by atoms with Gasteiger partial charge < -0.3 is 18.6 Å². The number of rotatable bonds is 2. The zero-order valence-electron chi connectivity index (χ0n) is 29.6. The third-order valence-electron chi connectivity index (χ3n) is 12.1. The van der Waals surface area contributed by atoms with E-state index in [4.69, 9.17) is 8.83 Å². The summed E-state index contributed by atoms with van der Waals surface area (Å²) in [6.07, 6.45) is 6.50. The SMILES string of the molecule is c1ccc2c(c#1)c1c(c3c4ccccc4oc23)N(c2ccccc2)c2cccc3c2B1c1c2c(c4oc5ccccc5c4c1N3c1ccccc1)C=CCC2. The monoisotopic (exact) mass is 700 g/mol. The maximum atomic E-state index is 6.90. The van der Waals surface area contributed by atoms with Crippen molar-refractivity contribution in [2.24, 2.45) is 0 Å². The number of anilines is 6. The zero-order valence-corrected chi connectivity index (χ0v) is 29.6. The quantitative estimate of drug-likeness (QED) is 0.168. The second kappa shape index (κ2) is 10.7. The van der Waals surface area contributed by atoms with Crippen molar-refractivity contribution in [3.05, 3.63) is 169 Å². The van der Waals surface area contributed by atoms with E-state index in [0.717, 1.165) is 95.9 Å². The summed E-state index contributed by atoms with van der Waals surface area (Å²) in [5.74, 6) is 0. The third kappa shape index (κ3) is 3.73. The molecule has 4 nitrogen and oxygen atoms in total. The van der Waals surface area contributed by atoms with Crippen molar-refractivity contribution >= 4 is 118 Å². The number of benzene rings is 7. The summed E-state index contributed by atoms with van der Waals surface area (Å²) in [4.78, 5) is 5.01. The Morgan fingerprint density at radius 1 is 0.545 bits per heavy atom. The Morgan fingerprint density at radius 2 is 1.15 bits per heavy atom. The summed E-state index contributed by atoms with van der Waals surface area (Å²) in [6.45, 7) is -0.123. The van der Waals surface area contributed by atoms with Crippen molar-refractivity contribution < 1.29 is 8.83 Å². The van der Waals surface area contributed by atoms with Crippen molar-refractivity contribution in [1.29, 1.82) is 0 Å². The average Bonchev–Trinajstić information content (AvgIpc) is 3.84. The largest absolute Gasteiger partial charge is 0.455 e. The first-order valence-corrected chi connectivity index (χ1v) is 19.0. The van der Waals surface area contributed by atoms with E-state index in [1.807, 2.05) is 6.07 Å². The Hall–Kier alpha value is -7.16. The van der Waals surface area contributed by atoms with Crippen LogP contribution in [0, 0.1) is 12.1 Å². The smallest absolute Gasteiger partial charge is 0.254 e. The van der Waals surface area contributed by atoms with E-state index in [0.29, 0.717) is 0 Å². The highest BCUT2D eigenvalue weighted by Crippen LogP contribution is 2.52. The van der Waals surface area contributed by atoms with Gasteiger partial charge in [-0.15, -0.1) is 0 Å². The van der Waals surface area contributed by atoms with Crippen LogP contribution in [0.3, 0.4) is 0 Å². The predicted molar refractivity (Wildman–Crippen MR) is 228 cm³/mol. The van der Waals surface area contributed by atoms with Gasteiger partial charge in [-0.25, -0.2) is 0 Å². The first-order chi connectivity index (χ1) is 27.3. The van der Waals surface area contributed by atoms with Crippen LogP contribution < -0.4 is 26.2 Å². The van der Waals surface area contributed by atoms with Gasteiger partial charge in [0.1, 0.15) is 22.3 Å². The van der Waals surface area contributed by atoms with Crippen LogP contribution in [-0.4, -0.2) is 6.71 Å². The lowest BCUT2D eigenvalue weighted by Gasteiger charge is -2.45. The molecule has 1 aliphatic carbocycles. The molecular weight excluding hydrogens is 671 g/mol. The Labute approximate surface area is 317 Å². The van der Waals surface area contributed by atoms with Crippen molar-refractivity contribution in [3.63, 3.8) is 0 Å². The van der Waals surface area contributed by atoms with Crippen molar-refractivity contribution in [2.75, 3.05) is 9.80 Å². The summed E-state index contributed by atoms with van der Waals surface area (Å²) < 4.78 is 13.7. The number of nitrogens with zero attached hydrogens (tertiary/aromatic N) is 2. The molecular formula is C50H29BN2O2. The van der Waals surface area contributed by atoms with Gasteiger partial charge >= 0.3 is 0 Å². The Bertz CT molecular complexity index is 3270. The standard InChI is InChI=1S/C50H29BN2O2/c1-3-16-30(17-4-1)52-38-26-15-27-39-46(38)51(44-32-20-7-9-22-34(32)49-42(47(44)52)36-24-11-13-28-40(36)54-49)45-33-21-8-10-23-35(33)50-43(37-25-12-14-29-41(37)55-50)48(45)53(39)31-18-5-2-6-19-31/h1-6,9-19,22-29H,7,20H2. The van der Waals surface area contributed by atoms with E-state index in [-0.39, 0.29) is 6.71 Å². The van der Waals surface area contributed by atoms with Gasteiger partial charge in [-0.1, -0.05) is 103 Å². The molecule has 0 bridgehead atoms. The maximum Gasteiger partial charge on any atom is 0.254 e. The van der Waals surface area contributed by atoms with E-state index in [1.54, 1.807) is 0 Å². The molecule has 0 spiro atoms. The van der Waals surface area contributed by atoms with Gasteiger partial charge in [-0.3, -0.25) is 0 Å². The lowest BCUT2D eigenvalue weighted by Crippen LogP contribution is -2.62. The molecule has 4 heterocycles. The topological polar surface area (TPSA) is 32.8 Å². The second-order valence-corrected chi connectivity index (χ2v) is 14.8. The molecule has 8 aromatic carbocycles. The summed E-state index contributed by atoms with van der Waals surface area (Å²) >= 11 is 0. The first kappa shape index (κ1) is 29.3. The number of para-hydroxylation sites is 4. The van der Waals surface area contributed by atoms with Crippen molar-refractivity contribution in [3.8, 4) is 0 Å². The molecule has 10 aromatic rings. The van der Waals surface area contributed by atoms with Crippen LogP contribution >= 0.6 is 0 Å². The molecule has 254 valence electrons. The van der Waals surface area contributed by atoms with Crippen molar-refractivity contribution in [1.82, 2.24) is 0 Å². The molecule has 0 atom stereocenters. The number of furan rings is 2. The van der Waals surface area contributed by atoms with Gasteiger partial charge in [0, 0.05) is 49.9 Å². The molecule has 3 aliphatic rings. The van der Waals surface area contributed by atoms with Crippen LogP contribution in [0.1, 0.15) is 17.5 Å². The molecule has 5 heteroatoms. The molecule has 0 radical (unpaired) electrons. The highest BCUT2D eigenvalue weighted by molar-refractivity contribution is 7.02. The molecule has 0 unspecified atom stereocenters. The van der Waals surface area contributed by atoms with E-state index >= 15 is 0 Å². The van der Waals surface area contributed by atoms with Gasteiger partial charge in [-0.05, 0) is 95.5 Å². The fourth-order valence-electron chi connectivity index (χ4n) is 10.1. The lowest BCUT2D eigenvalue weighted by molar-refractivity contribution is 0.667. The van der Waals surface area contributed by atoms with Crippen LogP contribution in [0.5, 0.6) is 0 Å². The molecule has 0 saturated carbocycles. The fourth-order valence-corrected chi connectivity index (χ4v) is 10.1. The summed E-state index contributed by atoms with van der Waals surface area (Å²) in [7, 11) is 0. The third-order valence-corrected chi connectivity index (χ3v) is 12.1. The summed E-state index contributed by atoms with van der Waals surface area (Å²) in [6, 6.07) is 56.8. The predicted octanol–water partition coefficient (Wildman–Crippen LogP) is 11.3. The molecule has 55 heavy (non-hydrogen) atoms. The van der Waals surface area contributed by atoms with Crippen LogP contribution in [0.2, 0.25) is 0 Å². The first-order valence-electron chi connectivity index (χ1n) is 19.0. The Morgan fingerprint density at radius 3 is 1.84 bits per heavy atom. The molecule has 2 aromatic heterocycles. The van der Waals surface area contributed by atoms with Crippen LogP contribution in [0.25, 0.3) is 60.7 Å². The van der Waals surface area contributed by atoms with E-state index in [1.165, 1.54) is 33.2 Å². The number of allylic oxidation sites excluding steroid dienone is 1. The maximum absolute atomic E-state index is 6.90. The average molecular weight is 701 g/mol. The molecule has 0 saturated heterocycles. The minimum atomic E-state index is -0.123.